The highest BCUT2D eigenvalue weighted by molar-refractivity contribution is 5.68. The van der Waals surface area contributed by atoms with Gasteiger partial charge >= 0.3 is 6.09 Å². The van der Waals surface area contributed by atoms with Crippen LogP contribution in [-0.4, -0.2) is 41.4 Å². The van der Waals surface area contributed by atoms with Crippen LogP contribution >= 0.6 is 0 Å². The second kappa shape index (κ2) is 6.79. The van der Waals surface area contributed by atoms with Gasteiger partial charge < -0.3 is 14.7 Å². The summed E-state index contributed by atoms with van der Waals surface area (Å²) in [6, 6.07) is 0. The molecule has 20 heavy (non-hydrogen) atoms. The minimum Gasteiger partial charge on any atom is -0.444 e. The number of hydrogen-bond donors (Lipinski definition) is 1. The Bertz CT molecular complexity index is 312. The number of rotatable bonds is 4. The standard InChI is InChI=1S/C16H31NO3/c1-15(2,3)20-14(19)17-10-7-13(8-11-17)6-9-16(4,5)12-18/h13,18H,6-12H2,1-5H3. The summed E-state index contributed by atoms with van der Waals surface area (Å²) >= 11 is 0. The molecule has 0 unspecified atom stereocenters. The number of amides is 1. The van der Waals surface area contributed by atoms with Crippen LogP contribution in [0.2, 0.25) is 0 Å². The minimum atomic E-state index is -0.418. The first-order valence-electron chi connectivity index (χ1n) is 7.72. The second-order valence-electron chi connectivity index (χ2n) is 7.77. The first-order chi connectivity index (χ1) is 9.13. The van der Waals surface area contributed by atoms with E-state index in [2.05, 4.69) is 13.8 Å². The fourth-order valence-corrected chi connectivity index (χ4v) is 2.40. The Hall–Kier alpha value is -0.770. The van der Waals surface area contributed by atoms with E-state index in [0.717, 1.165) is 38.8 Å². The van der Waals surface area contributed by atoms with Crippen molar-refractivity contribution in [3.63, 3.8) is 0 Å². The van der Waals surface area contributed by atoms with Gasteiger partial charge in [-0.25, -0.2) is 4.79 Å². The van der Waals surface area contributed by atoms with Crippen molar-refractivity contribution < 1.29 is 14.6 Å². The van der Waals surface area contributed by atoms with Crippen molar-refractivity contribution in [3.05, 3.63) is 0 Å². The topological polar surface area (TPSA) is 49.8 Å². The summed E-state index contributed by atoms with van der Waals surface area (Å²) in [6.07, 6.45) is 4.07. The van der Waals surface area contributed by atoms with Crippen LogP contribution < -0.4 is 0 Å². The van der Waals surface area contributed by atoms with E-state index in [1.807, 2.05) is 25.7 Å². The molecule has 4 nitrogen and oxygen atoms in total. The monoisotopic (exact) mass is 285 g/mol. The maximum absolute atomic E-state index is 12.0. The number of carbonyl (C=O) groups is 1. The molecule has 118 valence electrons. The maximum atomic E-state index is 12.0. The summed E-state index contributed by atoms with van der Waals surface area (Å²) in [5.74, 6) is 0.666. The van der Waals surface area contributed by atoms with Gasteiger partial charge in [-0.05, 0) is 57.8 Å². The van der Waals surface area contributed by atoms with Crippen LogP contribution in [0, 0.1) is 11.3 Å². The number of nitrogens with zero attached hydrogens (tertiary/aromatic N) is 1. The molecule has 0 spiro atoms. The second-order valence-corrected chi connectivity index (χ2v) is 7.77. The van der Waals surface area contributed by atoms with Crippen LogP contribution in [0.25, 0.3) is 0 Å². The zero-order valence-corrected chi connectivity index (χ0v) is 13.7. The molecule has 1 rings (SSSR count). The molecule has 0 aliphatic carbocycles. The Kier molecular flexibility index (Phi) is 5.87. The highest BCUT2D eigenvalue weighted by atomic mass is 16.6. The van der Waals surface area contributed by atoms with Crippen LogP contribution in [0.15, 0.2) is 0 Å². The smallest absolute Gasteiger partial charge is 0.410 e. The number of carbonyl (C=O) groups excluding carboxylic acids is 1. The lowest BCUT2D eigenvalue weighted by Crippen LogP contribution is -2.41. The fourth-order valence-electron chi connectivity index (χ4n) is 2.40. The number of likely N-dealkylation sites (tertiary alicyclic amines) is 1. The Balaban J connectivity index is 2.31. The van der Waals surface area contributed by atoms with E-state index in [4.69, 9.17) is 4.74 Å². The molecule has 0 aromatic rings. The van der Waals surface area contributed by atoms with E-state index in [1.54, 1.807) is 0 Å². The van der Waals surface area contributed by atoms with Gasteiger partial charge in [-0.3, -0.25) is 0 Å². The molecule has 0 radical (unpaired) electrons. The molecule has 0 atom stereocenters. The van der Waals surface area contributed by atoms with Crippen molar-refractivity contribution >= 4 is 6.09 Å². The summed E-state index contributed by atoms with van der Waals surface area (Å²) in [5.41, 5.74) is -0.401. The molecule has 0 bridgehead atoms. The molecule has 1 saturated heterocycles. The number of piperidine rings is 1. The third kappa shape index (κ3) is 6.12. The number of aliphatic hydroxyl groups is 1. The Morgan fingerprint density at radius 2 is 1.75 bits per heavy atom. The molecule has 1 aliphatic heterocycles. The van der Waals surface area contributed by atoms with Gasteiger partial charge in [-0.15, -0.1) is 0 Å². The van der Waals surface area contributed by atoms with Crippen LogP contribution in [0.1, 0.15) is 60.3 Å². The summed E-state index contributed by atoms with van der Waals surface area (Å²) in [7, 11) is 0. The van der Waals surface area contributed by atoms with Gasteiger partial charge in [0.1, 0.15) is 5.60 Å². The number of hydrogen-bond acceptors (Lipinski definition) is 3. The molecule has 1 aliphatic rings. The van der Waals surface area contributed by atoms with E-state index in [0.29, 0.717) is 5.92 Å². The molecular formula is C16H31NO3. The van der Waals surface area contributed by atoms with Crippen molar-refractivity contribution in [2.45, 2.75) is 65.9 Å². The predicted octanol–water partition coefficient (Wildman–Crippen LogP) is 3.43. The Morgan fingerprint density at radius 1 is 1.20 bits per heavy atom. The lowest BCUT2D eigenvalue weighted by molar-refractivity contribution is 0.0174. The van der Waals surface area contributed by atoms with Gasteiger partial charge in [-0.1, -0.05) is 13.8 Å². The van der Waals surface area contributed by atoms with Crippen molar-refractivity contribution in [3.8, 4) is 0 Å². The zero-order valence-electron chi connectivity index (χ0n) is 13.7. The van der Waals surface area contributed by atoms with Gasteiger partial charge in [0.15, 0.2) is 0 Å². The molecular weight excluding hydrogens is 254 g/mol. The number of ether oxygens (including phenoxy) is 1. The van der Waals surface area contributed by atoms with Crippen LogP contribution in [0.5, 0.6) is 0 Å². The fraction of sp³-hybridized carbons (Fsp3) is 0.938. The van der Waals surface area contributed by atoms with Crippen LogP contribution in [0.4, 0.5) is 4.79 Å². The first kappa shape index (κ1) is 17.3. The molecule has 4 heteroatoms. The van der Waals surface area contributed by atoms with Gasteiger partial charge in [-0.2, -0.15) is 0 Å². The molecule has 0 aromatic heterocycles. The first-order valence-corrected chi connectivity index (χ1v) is 7.72. The third-order valence-electron chi connectivity index (χ3n) is 3.92. The predicted molar refractivity (Wildman–Crippen MR) is 80.6 cm³/mol. The van der Waals surface area contributed by atoms with Gasteiger partial charge in [0, 0.05) is 19.7 Å². The minimum absolute atomic E-state index is 0.0162. The van der Waals surface area contributed by atoms with Gasteiger partial charge in [0.2, 0.25) is 0 Å². The molecule has 0 aromatic carbocycles. The van der Waals surface area contributed by atoms with Crippen molar-refractivity contribution in [1.82, 2.24) is 4.90 Å². The van der Waals surface area contributed by atoms with Crippen molar-refractivity contribution in [2.75, 3.05) is 19.7 Å². The lowest BCUT2D eigenvalue weighted by Gasteiger charge is -2.34. The van der Waals surface area contributed by atoms with E-state index >= 15 is 0 Å². The summed E-state index contributed by atoms with van der Waals surface area (Å²) in [4.78, 5) is 13.8. The molecule has 1 N–H and O–H groups in total. The van der Waals surface area contributed by atoms with E-state index < -0.39 is 5.60 Å². The number of aliphatic hydroxyl groups excluding tert-OH is 1. The SMILES string of the molecule is CC(C)(CO)CCC1CCN(C(=O)OC(C)(C)C)CC1. The average molecular weight is 285 g/mol. The van der Waals surface area contributed by atoms with E-state index in [-0.39, 0.29) is 18.1 Å². The Labute approximate surface area is 123 Å². The van der Waals surface area contributed by atoms with Gasteiger partial charge in [0.05, 0.1) is 0 Å². The molecule has 1 heterocycles. The molecule has 0 saturated carbocycles. The summed E-state index contributed by atoms with van der Waals surface area (Å²) < 4.78 is 5.40. The van der Waals surface area contributed by atoms with E-state index in [1.165, 1.54) is 0 Å². The van der Waals surface area contributed by atoms with Crippen LogP contribution in [0.3, 0.4) is 0 Å². The summed E-state index contributed by atoms with van der Waals surface area (Å²) in [6.45, 7) is 11.7. The normalized spacial score (nSPS) is 18.2. The maximum Gasteiger partial charge on any atom is 0.410 e. The van der Waals surface area contributed by atoms with E-state index in [9.17, 15) is 9.90 Å². The highest BCUT2D eigenvalue weighted by Crippen LogP contribution is 2.29. The largest absolute Gasteiger partial charge is 0.444 e. The van der Waals surface area contributed by atoms with Crippen molar-refractivity contribution in [1.29, 1.82) is 0 Å². The lowest BCUT2D eigenvalue weighted by atomic mass is 9.82. The quantitative estimate of drug-likeness (QED) is 0.861. The Morgan fingerprint density at radius 3 is 2.20 bits per heavy atom. The molecule has 1 fully saturated rings. The highest BCUT2D eigenvalue weighted by Gasteiger charge is 2.27. The summed E-state index contributed by atoms with van der Waals surface area (Å²) in [5, 5.41) is 9.28. The zero-order chi connectivity index (χ0) is 15.4. The average Bonchev–Trinajstić information content (AvgIpc) is 2.35. The third-order valence-corrected chi connectivity index (χ3v) is 3.92. The van der Waals surface area contributed by atoms with Crippen LogP contribution in [-0.2, 0) is 4.74 Å². The molecule has 1 amide bonds. The van der Waals surface area contributed by atoms with Gasteiger partial charge in [0.25, 0.3) is 0 Å². The van der Waals surface area contributed by atoms with Crippen molar-refractivity contribution in [2.24, 2.45) is 11.3 Å².